The number of carboxylic acid groups (broad SMARTS) is 1. The first-order valence-electron chi connectivity index (χ1n) is 5.87. The Kier molecular flexibility index (Phi) is 5.92. The predicted octanol–water partition coefficient (Wildman–Crippen LogP) is 1.05. The van der Waals surface area contributed by atoms with Gasteiger partial charge in [0.15, 0.2) is 6.61 Å². The Labute approximate surface area is 115 Å². The van der Waals surface area contributed by atoms with Crippen molar-refractivity contribution in [2.24, 2.45) is 0 Å². The number of carbonyl (C=O) groups excluding carboxylic acids is 1. The highest BCUT2D eigenvalue weighted by molar-refractivity contribution is 5.88. The van der Waals surface area contributed by atoms with E-state index in [2.05, 4.69) is 5.32 Å². The van der Waals surface area contributed by atoms with Crippen LogP contribution in [0.2, 0.25) is 0 Å². The maximum Gasteiger partial charge on any atom is 0.335 e. The van der Waals surface area contributed by atoms with E-state index in [0.29, 0.717) is 6.61 Å². The van der Waals surface area contributed by atoms with Gasteiger partial charge in [0.2, 0.25) is 0 Å². The number of halogens is 1. The monoisotopic (exact) mass is 285 g/mol. The molecule has 1 aromatic carbocycles. The summed E-state index contributed by atoms with van der Waals surface area (Å²) < 4.78 is 23.1. The van der Waals surface area contributed by atoms with Crippen LogP contribution in [-0.4, -0.2) is 43.3 Å². The molecule has 1 aromatic rings. The van der Waals surface area contributed by atoms with Crippen LogP contribution in [-0.2, 0) is 9.53 Å². The van der Waals surface area contributed by atoms with Crippen molar-refractivity contribution in [3.05, 3.63) is 29.6 Å². The third-order valence-electron chi connectivity index (χ3n) is 2.31. The Hall–Kier alpha value is -2.15. The molecule has 0 spiro atoms. The zero-order valence-corrected chi connectivity index (χ0v) is 11.2. The molecule has 0 aliphatic carbocycles. The molecule has 0 heterocycles. The van der Waals surface area contributed by atoms with Gasteiger partial charge in [0.1, 0.15) is 11.6 Å². The lowest BCUT2D eigenvalue weighted by molar-refractivity contribution is -0.124. The molecule has 0 saturated carbocycles. The van der Waals surface area contributed by atoms with Crippen LogP contribution < -0.4 is 10.1 Å². The number of rotatable bonds is 7. The number of hydrogen-bond donors (Lipinski definition) is 2. The summed E-state index contributed by atoms with van der Waals surface area (Å²) in [5.41, 5.74) is -0.242. The van der Waals surface area contributed by atoms with Gasteiger partial charge >= 0.3 is 5.97 Å². The van der Waals surface area contributed by atoms with E-state index in [-0.39, 0.29) is 24.0 Å². The van der Waals surface area contributed by atoms with Crippen molar-refractivity contribution >= 4 is 11.9 Å². The van der Waals surface area contributed by atoms with Gasteiger partial charge in [0.25, 0.3) is 5.91 Å². The molecule has 1 atom stereocenters. The van der Waals surface area contributed by atoms with E-state index < -0.39 is 17.7 Å². The van der Waals surface area contributed by atoms with Gasteiger partial charge in [-0.3, -0.25) is 4.79 Å². The molecular formula is C13H16FNO5. The number of methoxy groups -OCH3 is 1. The fraction of sp³-hybridized carbons (Fsp3) is 0.385. The van der Waals surface area contributed by atoms with E-state index in [1.165, 1.54) is 7.11 Å². The molecule has 0 fully saturated rings. The summed E-state index contributed by atoms with van der Waals surface area (Å²) in [5.74, 6) is -2.44. The molecule has 0 aromatic heterocycles. The van der Waals surface area contributed by atoms with E-state index in [1.54, 1.807) is 6.92 Å². The van der Waals surface area contributed by atoms with Crippen molar-refractivity contribution in [2.75, 3.05) is 20.3 Å². The quantitative estimate of drug-likeness (QED) is 0.782. The number of carbonyl (C=O) groups is 2. The van der Waals surface area contributed by atoms with E-state index in [0.717, 1.165) is 18.2 Å². The van der Waals surface area contributed by atoms with E-state index in [9.17, 15) is 14.0 Å². The van der Waals surface area contributed by atoms with Crippen LogP contribution in [0.5, 0.6) is 5.75 Å². The number of aromatic carboxylic acids is 1. The third kappa shape index (κ3) is 5.23. The van der Waals surface area contributed by atoms with Crippen molar-refractivity contribution in [3.8, 4) is 5.75 Å². The van der Waals surface area contributed by atoms with Crippen LogP contribution in [0, 0.1) is 5.82 Å². The Morgan fingerprint density at radius 1 is 1.40 bits per heavy atom. The molecule has 7 heteroatoms. The van der Waals surface area contributed by atoms with Crippen molar-refractivity contribution in [1.82, 2.24) is 5.32 Å². The highest BCUT2D eigenvalue weighted by Crippen LogP contribution is 2.16. The first-order chi connectivity index (χ1) is 9.42. The van der Waals surface area contributed by atoms with Gasteiger partial charge < -0.3 is 19.9 Å². The van der Waals surface area contributed by atoms with Crippen molar-refractivity contribution in [1.29, 1.82) is 0 Å². The van der Waals surface area contributed by atoms with Gasteiger partial charge in [-0.15, -0.1) is 0 Å². The number of nitrogens with one attached hydrogen (secondary N) is 1. The van der Waals surface area contributed by atoms with Crippen molar-refractivity contribution in [3.63, 3.8) is 0 Å². The number of carboxylic acids is 1. The molecular weight excluding hydrogens is 269 g/mol. The molecule has 0 aliphatic rings. The summed E-state index contributed by atoms with van der Waals surface area (Å²) in [6.45, 7) is 1.78. The van der Waals surface area contributed by atoms with Crippen LogP contribution in [0.15, 0.2) is 18.2 Å². The summed E-state index contributed by atoms with van der Waals surface area (Å²) >= 11 is 0. The second-order valence-electron chi connectivity index (χ2n) is 4.19. The van der Waals surface area contributed by atoms with Crippen LogP contribution in [0.4, 0.5) is 4.39 Å². The van der Waals surface area contributed by atoms with Gasteiger partial charge in [0, 0.05) is 19.2 Å². The lowest BCUT2D eigenvalue weighted by Gasteiger charge is -2.13. The fourth-order valence-electron chi connectivity index (χ4n) is 1.53. The minimum atomic E-state index is -1.27. The molecule has 110 valence electrons. The molecule has 0 bridgehead atoms. The standard InChI is InChI=1S/C13H16FNO5/c1-8(6-19-2)15-12(16)7-20-11-4-9(13(17)18)3-10(14)5-11/h3-5,8H,6-7H2,1-2H3,(H,15,16)(H,17,18). The molecule has 0 aliphatic heterocycles. The molecule has 1 unspecified atom stereocenters. The van der Waals surface area contributed by atoms with Gasteiger partial charge in [0.05, 0.1) is 12.2 Å². The molecule has 2 N–H and O–H groups in total. The van der Waals surface area contributed by atoms with Gasteiger partial charge in [-0.2, -0.15) is 0 Å². The SMILES string of the molecule is COCC(C)NC(=O)COc1cc(F)cc(C(=O)O)c1. The molecule has 1 rings (SSSR count). The Morgan fingerprint density at radius 3 is 2.70 bits per heavy atom. The highest BCUT2D eigenvalue weighted by atomic mass is 19.1. The molecule has 0 radical (unpaired) electrons. The maximum atomic E-state index is 13.2. The molecule has 0 saturated heterocycles. The summed E-state index contributed by atoms with van der Waals surface area (Å²) in [6, 6.07) is 2.85. The number of amides is 1. The van der Waals surface area contributed by atoms with Crippen LogP contribution in [0.1, 0.15) is 17.3 Å². The first kappa shape index (κ1) is 15.9. The summed E-state index contributed by atoms with van der Waals surface area (Å²) in [6.07, 6.45) is 0. The minimum Gasteiger partial charge on any atom is -0.484 e. The molecule has 20 heavy (non-hydrogen) atoms. The number of hydrogen-bond acceptors (Lipinski definition) is 4. The highest BCUT2D eigenvalue weighted by Gasteiger charge is 2.11. The average molecular weight is 285 g/mol. The second kappa shape index (κ2) is 7.44. The summed E-state index contributed by atoms with van der Waals surface area (Å²) in [4.78, 5) is 22.2. The third-order valence-corrected chi connectivity index (χ3v) is 2.31. The van der Waals surface area contributed by atoms with Crippen molar-refractivity contribution < 1.29 is 28.6 Å². The summed E-state index contributed by atoms with van der Waals surface area (Å²) in [7, 11) is 1.51. The van der Waals surface area contributed by atoms with Crippen molar-refractivity contribution in [2.45, 2.75) is 13.0 Å². The van der Waals surface area contributed by atoms with E-state index in [1.807, 2.05) is 0 Å². The lowest BCUT2D eigenvalue weighted by Crippen LogP contribution is -2.38. The lowest BCUT2D eigenvalue weighted by atomic mass is 10.2. The Morgan fingerprint density at radius 2 is 2.10 bits per heavy atom. The van der Waals surface area contributed by atoms with Crippen LogP contribution in [0.25, 0.3) is 0 Å². The second-order valence-corrected chi connectivity index (χ2v) is 4.19. The Balaban J connectivity index is 2.57. The Bertz CT molecular complexity index is 492. The normalized spacial score (nSPS) is 11.8. The average Bonchev–Trinajstić information content (AvgIpc) is 2.36. The maximum absolute atomic E-state index is 13.2. The minimum absolute atomic E-state index is 0.0167. The smallest absolute Gasteiger partial charge is 0.335 e. The van der Waals surface area contributed by atoms with Gasteiger partial charge in [-0.05, 0) is 19.1 Å². The van der Waals surface area contributed by atoms with E-state index in [4.69, 9.17) is 14.6 Å². The predicted molar refractivity (Wildman–Crippen MR) is 68.3 cm³/mol. The topological polar surface area (TPSA) is 84.9 Å². The zero-order valence-electron chi connectivity index (χ0n) is 11.2. The van der Waals surface area contributed by atoms with Crippen LogP contribution >= 0.6 is 0 Å². The zero-order chi connectivity index (χ0) is 15.1. The first-order valence-corrected chi connectivity index (χ1v) is 5.87. The van der Waals surface area contributed by atoms with Gasteiger partial charge in [-0.1, -0.05) is 0 Å². The molecule has 6 nitrogen and oxygen atoms in total. The largest absolute Gasteiger partial charge is 0.484 e. The summed E-state index contributed by atoms with van der Waals surface area (Å²) in [5, 5.41) is 11.4. The molecule has 1 amide bonds. The van der Waals surface area contributed by atoms with Gasteiger partial charge in [-0.25, -0.2) is 9.18 Å². The number of ether oxygens (including phenoxy) is 2. The van der Waals surface area contributed by atoms with Crippen LogP contribution in [0.3, 0.4) is 0 Å². The number of benzene rings is 1. The fourth-order valence-corrected chi connectivity index (χ4v) is 1.53. The van der Waals surface area contributed by atoms with E-state index >= 15 is 0 Å².